The second kappa shape index (κ2) is 6.03. The monoisotopic (exact) mass is 379 g/mol. The summed E-state index contributed by atoms with van der Waals surface area (Å²) in [6.07, 6.45) is 3.03. The Kier molecular flexibility index (Phi) is 3.73. The topological polar surface area (TPSA) is 54.5 Å². The highest BCUT2D eigenvalue weighted by Gasteiger charge is 2.61. The van der Waals surface area contributed by atoms with Gasteiger partial charge in [-0.3, -0.25) is 14.4 Å². The third-order valence-corrected chi connectivity index (χ3v) is 6.64. The summed E-state index contributed by atoms with van der Waals surface area (Å²) in [5, 5.41) is 0.400. The summed E-state index contributed by atoms with van der Waals surface area (Å²) in [7, 11) is 0. The lowest BCUT2D eigenvalue weighted by atomic mass is 9.81. The third-order valence-electron chi connectivity index (χ3n) is 6.41. The maximum Gasteiger partial charge on any atom is 0.237 e. The Morgan fingerprint density at radius 3 is 2.19 bits per heavy atom. The smallest absolute Gasteiger partial charge is 0.237 e. The number of anilines is 1. The van der Waals surface area contributed by atoms with E-state index in [-0.39, 0.29) is 29.4 Å². The van der Waals surface area contributed by atoms with Gasteiger partial charge in [0.15, 0.2) is 5.78 Å². The van der Waals surface area contributed by atoms with Gasteiger partial charge < -0.3 is 0 Å². The third kappa shape index (κ3) is 2.39. The molecule has 4 atom stereocenters. The van der Waals surface area contributed by atoms with Crippen molar-refractivity contribution >= 4 is 34.9 Å². The molecule has 0 spiro atoms. The van der Waals surface area contributed by atoms with E-state index < -0.39 is 0 Å². The Labute approximate surface area is 162 Å². The first kappa shape index (κ1) is 16.7. The Morgan fingerprint density at radius 2 is 1.56 bits per heavy atom. The first-order chi connectivity index (χ1) is 13.1. The van der Waals surface area contributed by atoms with Gasteiger partial charge >= 0.3 is 0 Å². The first-order valence-electron chi connectivity index (χ1n) is 9.33. The van der Waals surface area contributed by atoms with Crippen LogP contribution in [-0.4, -0.2) is 17.6 Å². The van der Waals surface area contributed by atoms with Crippen LogP contribution in [-0.2, 0) is 9.59 Å². The molecule has 2 amide bonds. The molecule has 2 aromatic rings. The van der Waals surface area contributed by atoms with E-state index in [0.29, 0.717) is 33.7 Å². The molecule has 27 heavy (non-hydrogen) atoms. The highest BCUT2D eigenvalue weighted by atomic mass is 35.5. The number of carbonyl (C=O) groups is 3. The highest BCUT2D eigenvalue weighted by molar-refractivity contribution is 6.32. The van der Waals surface area contributed by atoms with Crippen molar-refractivity contribution in [2.75, 3.05) is 4.90 Å². The standard InChI is InChI=1S/C22H18ClNO3/c23-15-8-9-17(16(11-15)20(25)12-4-2-1-3-5-12)24-21(26)18-13-6-7-14(10-13)19(18)22(24)27/h1-5,8-9,11,13-14,18-19H,6-7,10H2/t13-,14-,18-,19+/m0/s1. The fourth-order valence-corrected chi connectivity index (χ4v) is 5.45. The van der Waals surface area contributed by atoms with Gasteiger partial charge in [0, 0.05) is 16.1 Å². The predicted molar refractivity (Wildman–Crippen MR) is 102 cm³/mol. The van der Waals surface area contributed by atoms with Gasteiger partial charge in [-0.1, -0.05) is 41.9 Å². The van der Waals surface area contributed by atoms with Gasteiger partial charge in [-0.25, -0.2) is 4.90 Å². The van der Waals surface area contributed by atoms with Crippen LogP contribution in [0, 0.1) is 23.7 Å². The normalized spacial score (nSPS) is 28.7. The van der Waals surface area contributed by atoms with Crippen molar-refractivity contribution in [3.63, 3.8) is 0 Å². The van der Waals surface area contributed by atoms with Gasteiger partial charge in [-0.05, 0) is 49.3 Å². The number of rotatable bonds is 3. The van der Waals surface area contributed by atoms with Crippen molar-refractivity contribution in [2.45, 2.75) is 19.3 Å². The number of hydrogen-bond acceptors (Lipinski definition) is 3. The molecule has 0 aromatic heterocycles. The molecule has 1 heterocycles. The van der Waals surface area contributed by atoms with E-state index in [4.69, 9.17) is 11.6 Å². The van der Waals surface area contributed by atoms with Gasteiger partial charge in [-0.2, -0.15) is 0 Å². The molecular formula is C22H18ClNO3. The molecule has 0 N–H and O–H groups in total. The van der Waals surface area contributed by atoms with Crippen molar-refractivity contribution in [2.24, 2.45) is 23.7 Å². The predicted octanol–water partition coefficient (Wildman–Crippen LogP) is 4.11. The summed E-state index contributed by atoms with van der Waals surface area (Å²) in [5.41, 5.74) is 1.15. The number of amides is 2. The molecule has 2 bridgehead atoms. The number of hydrogen-bond donors (Lipinski definition) is 0. The fraction of sp³-hybridized carbons (Fsp3) is 0.318. The van der Waals surface area contributed by atoms with Crippen molar-refractivity contribution < 1.29 is 14.4 Å². The molecule has 0 unspecified atom stereocenters. The molecule has 3 fully saturated rings. The first-order valence-corrected chi connectivity index (χ1v) is 9.71. The number of fused-ring (bicyclic) bond motifs is 5. The summed E-state index contributed by atoms with van der Waals surface area (Å²) >= 11 is 6.14. The number of ketones is 1. The summed E-state index contributed by atoms with van der Waals surface area (Å²) in [6, 6.07) is 13.6. The van der Waals surface area contributed by atoms with Crippen molar-refractivity contribution in [1.82, 2.24) is 0 Å². The van der Waals surface area contributed by atoms with Crippen molar-refractivity contribution in [3.8, 4) is 0 Å². The largest absolute Gasteiger partial charge is 0.289 e. The van der Waals surface area contributed by atoms with E-state index >= 15 is 0 Å². The van der Waals surface area contributed by atoms with E-state index in [1.54, 1.807) is 42.5 Å². The lowest BCUT2D eigenvalue weighted by molar-refractivity contribution is -0.123. The molecular weight excluding hydrogens is 362 g/mol. The van der Waals surface area contributed by atoms with Crippen LogP contribution in [0.3, 0.4) is 0 Å². The molecule has 1 saturated heterocycles. The molecule has 5 rings (SSSR count). The molecule has 4 nitrogen and oxygen atoms in total. The van der Waals surface area contributed by atoms with Crippen LogP contribution < -0.4 is 4.90 Å². The highest BCUT2D eigenvalue weighted by Crippen LogP contribution is 2.56. The Balaban J connectivity index is 1.59. The van der Waals surface area contributed by atoms with Crippen LogP contribution in [0.1, 0.15) is 35.2 Å². The molecule has 5 heteroatoms. The quantitative estimate of drug-likeness (QED) is 0.595. The maximum absolute atomic E-state index is 13.1. The minimum Gasteiger partial charge on any atom is -0.289 e. The summed E-state index contributed by atoms with van der Waals surface area (Å²) in [6.45, 7) is 0. The fourth-order valence-electron chi connectivity index (χ4n) is 5.28. The van der Waals surface area contributed by atoms with Crippen LogP contribution in [0.2, 0.25) is 5.02 Å². The summed E-state index contributed by atoms with van der Waals surface area (Å²) < 4.78 is 0. The van der Waals surface area contributed by atoms with E-state index in [0.717, 1.165) is 19.3 Å². The van der Waals surface area contributed by atoms with Crippen LogP contribution >= 0.6 is 11.6 Å². The number of imide groups is 1. The van der Waals surface area contributed by atoms with E-state index in [9.17, 15) is 14.4 Å². The zero-order valence-corrected chi connectivity index (χ0v) is 15.4. The van der Waals surface area contributed by atoms with E-state index in [1.807, 2.05) is 6.07 Å². The number of benzene rings is 2. The number of halogens is 1. The second-order valence-electron chi connectivity index (χ2n) is 7.75. The summed E-state index contributed by atoms with van der Waals surface area (Å²) in [5.74, 6) is -0.362. The molecule has 1 aliphatic heterocycles. The minimum absolute atomic E-state index is 0.151. The molecule has 2 aliphatic carbocycles. The zero-order valence-electron chi connectivity index (χ0n) is 14.6. The molecule has 2 saturated carbocycles. The molecule has 3 aliphatic rings. The zero-order chi connectivity index (χ0) is 18.7. The average molecular weight is 380 g/mol. The second-order valence-corrected chi connectivity index (χ2v) is 8.19. The van der Waals surface area contributed by atoms with Gasteiger partial charge in [0.2, 0.25) is 11.8 Å². The molecule has 136 valence electrons. The van der Waals surface area contributed by atoms with E-state index in [2.05, 4.69) is 0 Å². The Bertz CT molecular complexity index is 943. The SMILES string of the molecule is O=C(c1ccccc1)c1cc(Cl)ccc1N1C(=O)[C@@H]2[C@H]3CC[C@@H](C3)[C@@H]2C1=O. The lowest BCUT2D eigenvalue weighted by Crippen LogP contribution is -2.34. The van der Waals surface area contributed by atoms with Crippen molar-refractivity contribution in [1.29, 1.82) is 0 Å². The Morgan fingerprint density at radius 1 is 0.926 bits per heavy atom. The van der Waals surface area contributed by atoms with Crippen LogP contribution in [0.4, 0.5) is 5.69 Å². The summed E-state index contributed by atoms with van der Waals surface area (Å²) in [4.78, 5) is 40.6. The van der Waals surface area contributed by atoms with Crippen LogP contribution in [0.15, 0.2) is 48.5 Å². The van der Waals surface area contributed by atoms with E-state index in [1.165, 1.54) is 4.90 Å². The minimum atomic E-state index is -0.242. The maximum atomic E-state index is 13.1. The number of nitrogens with zero attached hydrogens (tertiary/aromatic N) is 1. The van der Waals surface area contributed by atoms with Gasteiger partial charge in [-0.15, -0.1) is 0 Å². The molecule has 0 radical (unpaired) electrons. The van der Waals surface area contributed by atoms with Gasteiger partial charge in [0.05, 0.1) is 17.5 Å². The molecule has 2 aromatic carbocycles. The van der Waals surface area contributed by atoms with Crippen LogP contribution in [0.5, 0.6) is 0 Å². The van der Waals surface area contributed by atoms with Gasteiger partial charge in [0.25, 0.3) is 0 Å². The Hall–Kier alpha value is -2.46. The lowest BCUT2D eigenvalue weighted by Gasteiger charge is -2.20. The van der Waals surface area contributed by atoms with Crippen LogP contribution in [0.25, 0.3) is 0 Å². The van der Waals surface area contributed by atoms with Gasteiger partial charge in [0.1, 0.15) is 0 Å². The number of carbonyl (C=O) groups excluding carboxylic acids is 3. The van der Waals surface area contributed by atoms with Crippen molar-refractivity contribution in [3.05, 3.63) is 64.7 Å². The average Bonchev–Trinajstić information content (AvgIpc) is 3.36.